The fourth-order valence-electron chi connectivity index (χ4n) is 3.16. The lowest BCUT2D eigenvalue weighted by molar-refractivity contribution is 0.129. The number of carbonyl (C=O) groups is 1. The van der Waals surface area contributed by atoms with E-state index in [-0.39, 0.29) is 5.82 Å². The molecule has 1 aromatic carbocycles. The predicted molar refractivity (Wildman–Crippen MR) is 98.0 cm³/mol. The summed E-state index contributed by atoms with van der Waals surface area (Å²) >= 11 is 0. The molecule has 5 heteroatoms. The monoisotopic (exact) mass is 344 g/mol. The van der Waals surface area contributed by atoms with E-state index in [1.807, 2.05) is 0 Å². The number of hydrogen-bond donors (Lipinski definition) is 2. The Morgan fingerprint density at radius 2 is 1.84 bits per heavy atom. The summed E-state index contributed by atoms with van der Waals surface area (Å²) in [5.41, 5.74) is 2.51. The van der Waals surface area contributed by atoms with Gasteiger partial charge in [0.15, 0.2) is 0 Å². The summed E-state index contributed by atoms with van der Waals surface area (Å²) in [5, 5.41) is 12.6. The van der Waals surface area contributed by atoms with Gasteiger partial charge >= 0.3 is 6.09 Å². The lowest BCUT2D eigenvalue weighted by Gasteiger charge is -2.36. The Bertz CT molecular complexity index is 641. The molecule has 1 amide bonds. The molecule has 0 saturated carbocycles. The molecule has 0 radical (unpaired) electrons. The Labute approximate surface area is 148 Å². The van der Waals surface area contributed by atoms with Gasteiger partial charge in [-0.3, -0.25) is 4.90 Å². The molecule has 1 unspecified atom stereocenters. The van der Waals surface area contributed by atoms with Gasteiger partial charge in [-0.1, -0.05) is 37.4 Å². The van der Waals surface area contributed by atoms with E-state index < -0.39 is 12.1 Å². The highest BCUT2D eigenvalue weighted by atomic mass is 19.1. The SMILES string of the molecule is C1CCNC1.C=CC1=C(C=C)C(c2ccc(F)cc2)N(C(=O)O)CC1. The molecule has 1 atom stereocenters. The summed E-state index contributed by atoms with van der Waals surface area (Å²) in [6.45, 7) is 10.4. The van der Waals surface area contributed by atoms with E-state index in [4.69, 9.17) is 0 Å². The van der Waals surface area contributed by atoms with Crippen molar-refractivity contribution in [2.24, 2.45) is 0 Å². The quantitative estimate of drug-likeness (QED) is 0.860. The summed E-state index contributed by atoms with van der Waals surface area (Å²) < 4.78 is 13.1. The molecule has 1 fully saturated rings. The lowest BCUT2D eigenvalue weighted by Crippen LogP contribution is -2.38. The van der Waals surface area contributed by atoms with Crippen LogP contribution in [0.2, 0.25) is 0 Å². The Balaban J connectivity index is 0.000000386. The number of nitrogens with zero attached hydrogens (tertiary/aromatic N) is 1. The summed E-state index contributed by atoms with van der Waals surface area (Å²) in [6.07, 6.45) is 5.77. The third-order valence-electron chi connectivity index (χ3n) is 4.45. The lowest BCUT2D eigenvalue weighted by atomic mass is 9.88. The van der Waals surface area contributed by atoms with Gasteiger partial charge in [0.05, 0.1) is 6.04 Å². The van der Waals surface area contributed by atoms with E-state index in [2.05, 4.69) is 18.5 Å². The van der Waals surface area contributed by atoms with E-state index in [1.165, 1.54) is 43.0 Å². The fourth-order valence-corrected chi connectivity index (χ4v) is 3.16. The van der Waals surface area contributed by atoms with E-state index in [0.717, 1.165) is 16.7 Å². The van der Waals surface area contributed by atoms with Crippen LogP contribution in [0.15, 0.2) is 60.7 Å². The molecule has 0 aromatic heterocycles. The number of hydrogen-bond acceptors (Lipinski definition) is 2. The molecule has 134 valence electrons. The summed E-state index contributed by atoms with van der Waals surface area (Å²) in [7, 11) is 0. The van der Waals surface area contributed by atoms with Gasteiger partial charge in [0.25, 0.3) is 0 Å². The van der Waals surface area contributed by atoms with Gasteiger partial charge in [-0.05, 0) is 61.2 Å². The first-order valence-electron chi connectivity index (χ1n) is 8.52. The van der Waals surface area contributed by atoms with Crippen LogP contribution in [-0.2, 0) is 0 Å². The molecule has 2 N–H and O–H groups in total. The first kappa shape index (κ1) is 18.9. The maximum atomic E-state index is 13.1. The van der Waals surface area contributed by atoms with Crippen LogP contribution in [0.3, 0.4) is 0 Å². The Morgan fingerprint density at radius 1 is 1.20 bits per heavy atom. The van der Waals surface area contributed by atoms with Crippen LogP contribution < -0.4 is 5.32 Å². The van der Waals surface area contributed by atoms with Crippen LogP contribution >= 0.6 is 0 Å². The second kappa shape index (κ2) is 9.18. The van der Waals surface area contributed by atoms with E-state index in [1.54, 1.807) is 24.3 Å². The zero-order chi connectivity index (χ0) is 18.2. The van der Waals surface area contributed by atoms with Crippen molar-refractivity contribution in [1.29, 1.82) is 0 Å². The Morgan fingerprint density at radius 3 is 2.28 bits per heavy atom. The summed E-state index contributed by atoms with van der Waals surface area (Å²) in [4.78, 5) is 12.8. The van der Waals surface area contributed by atoms with Gasteiger partial charge in [-0.15, -0.1) is 0 Å². The van der Waals surface area contributed by atoms with Crippen molar-refractivity contribution < 1.29 is 14.3 Å². The van der Waals surface area contributed by atoms with Gasteiger partial charge < -0.3 is 10.4 Å². The van der Waals surface area contributed by atoms with Crippen molar-refractivity contribution in [1.82, 2.24) is 10.2 Å². The van der Waals surface area contributed by atoms with E-state index in [9.17, 15) is 14.3 Å². The van der Waals surface area contributed by atoms with Crippen LogP contribution in [-0.4, -0.2) is 35.7 Å². The van der Waals surface area contributed by atoms with Crippen LogP contribution in [0.4, 0.5) is 9.18 Å². The molecular formula is C20H25FN2O2. The predicted octanol–water partition coefficient (Wildman–Crippen LogP) is 4.29. The number of halogens is 1. The Hall–Kier alpha value is -2.40. The van der Waals surface area contributed by atoms with Gasteiger partial charge in [-0.25, -0.2) is 9.18 Å². The van der Waals surface area contributed by atoms with Crippen molar-refractivity contribution in [3.05, 3.63) is 72.1 Å². The maximum Gasteiger partial charge on any atom is 0.408 e. The number of rotatable bonds is 3. The number of benzene rings is 1. The molecule has 4 nitrogen and oxygen atoms in total. The van der Waals surface area contributed by atoms with Gasteiger partial charge in [-0.2, -0.15) is 0 Å². The zero-order valence-corrected chi connectivity index (χ0v) is 14.4. The highest BCUT2D eigenvalue weighted by molar-refractivity contribution is 5.68. The highest BCUT2D eigenvalue weighted by Crippen LogP contribution is 2.36. The van der Waals surface area contributed by atoms with Crippen LogP contribution in [0, 0.1) is 5.82 Å². The molecule has 0 bridgehead atoms. The average Bonchev–Trinajstić information content (AvgIpc) is 3.21. The minimum Gasteiger partial charge on any atom is -0.465 e. The standard InChI is InChI=1S/C16H16FNO2.C4H9N/c1-3-11-9-10-18(16(19)20)15(14(11)4-2)12-5-7-13(17)8-6-12;1-2-4-5-3-1/h3-8,15H,1-2,9-10H2,(H,19,20);5H,1-4H2. The zero-order valence-electron chi connectivity index (χ0n) is 14.4. The fraction of sp³-hybridized carbons (Fsp3) is 0.350. The normalized spacial score (nSPS) is 19.9. The van der Waals surface area contributed by atoms with Crippen molar-refractivity contribution >= 4 is 6.09 Å². The highest BCUT2D eigenvalue weighted by Gasteiger charge is 2.31. The molecule has 1 aromatic rings. The van der Waals surface area contributed by atoms with Crippen molar-refractivity contribution in [2.75, 3.05) is 19.6 Å². The molecule has 1 saturated heterocycles. The molecule has 2 aliphatic heterocycles. The second-order valence-electron chi connectivity index (χ2n) is 6.03. The largest absolute Gasteiger partial charge is 0.465 e. The number of allylic oxidation sites excluding steroid dienone is 1. The Kier molecular flexibility index (Phi) is 6.95. The number of amides is 1. The smallest absolute Gasteiger partial charge is 0.408 e. The first-order valence-corrected chi connectivity index (χ1v) is 8.52. The van der Waals surface area contributed by atoms with Gasteiger partial charge in [0.2, 0.25) is 0 Å². The average molecular weight is 344 g/mol. The van der Waals surface area contributed by atoms with Crippen LogP contribution in [0.5, 0.6) is 0 Å². The molecule has 25 heavy (non-hydrogen) atoms. The van der Waals surface area contributed by atoms with Crippen molar-refractivity contribution in [3.63, 3.8) is 0 Å². The maximum absolute atomic E-state index is 13.1. The van der Waals surface area contributed by atoms with Crippen molar-refractivity contribution in [3.8, 4) is 0 Å². The number of nitrogens with one attached hydrogen (secondary N) is 1. The summed E-state index contributed by atoms with van der Waals surface area (Å²) in [5.74, 6) is -0.348. The van der Waals surface area contributed by atoms with Crippen LogP contribution in [0.1, 0.15) is 30.9 Å². The van der Waals surface area contributed by atoms with E-state index >= 15 is 0 Å². The molecule has 0 aliphatic carbocycles. The third-order valence-corrected chi connectivity index (χ3v) is 4.45. The number of carboxylic acid groups (broad SMARTS) is 1. The summed E-state index contributed by atoms with van der Waals surface area (Å²) in [6, 6.07) is 5.40. The molecular weight excluding hydrogens is 319 g/mol. The van der Waals surface area contributed by atoms with Gasteiger partial charge in [0, 0.05) is 6.54 Å². The van der Waals surface area contributed by atoms with Crippen LogP contribution in [0.25, 0.3) is 0 Å². The topological polar surface area (TPSA) is 52.6 Å². The first-order chi connectivity index (χ1) is 12.1. The molecule has 0 spiro atoms. The molecule has 2 aliphatic rings. The van der Waals surface area contributed by atoms with Gasteiger partial charge in [0.1, 0.15) is 5.82 Å². The molecule has 3 rings (SSSR count). The molecule has 2 heterocycles. The van der Waals surface area contributed by atoms with Crippen molar-refractivity contribution in [2.45, 2.75) is 25.3 Å². The second-order valence-corrected chi connectivity index (χ2v) is 6.03. The van der Waals surface area contributed by atoms with E-state index in [0.29, 0.717) is 13.0 Å². The third kappa shape index (κ3) is 4.79. The minimum atomic E-state index is -0.998. The minimum absolute atomic E-state index is 0.348.